The first-order chi connectivity index (χ1) is 8.38. The van der Waals surface area contributed by atoms with Crippen molar-refractivity contribution < 1.29 is 4.52 Å². The molecule has 2 nitrogen and oxygen atoms in total. The lowest BCUT2D eigenvalue weighted by Gasteiger charge is -1.97. The molecule has 0 fully saturated rings. The van der Waals surface area contributed by atoms with Gasteiger partial charge in [-0.15, -0.1) is 0 Å². The zero-order chi connectivity index (χ0) is 11.7. The first kappa shape index (κ1) is 10.1. The van der Waals surface area contributed by atoms with Crippen molar-refractivity contribution in [1.29, 1.82) is 0 Å². The molecule has 0 unspecified atom stereocenters. The third-order valence-corrected chi connectivity index (χ3v) is 2.99. The molecule has 1 heterocycles. The minimum absolute atomic E-state index is 0.850. The van der Waals surface area contributed by atoms with Gasteiger partial charge in [0, 0.05) is 10.9 Å². The molecule has 3 aromatic rings. The van der Waals surface area contributed by atoms with Gasteiger partial charge in [0.15, 0.2) is 5.76 Å². The molecule has 17 heavy (non-hydrogen) atoms. The fraction of sp³-hybridized carbons (Fsp3) is 0.133. The summed E-state index contributed by atoms with van der Waals surface area (Å²) < 4.78 is 5.45. The standard InChI is InChI=1S/C15H13NO/c1-2-11-8-9-13-14(10-11)16-17-15(13)12-6-4-3-5-7-12/h3-10H,2H2,1H3. The van der Waals surface area contributed by atoms with Crippen molar-refractivity contribution in [2.24, 2.45) is 0 Å². The van der Waals surface area contributed by atoms with Crippen LogP contribution in [0.5, 0.6) is 0 Å². The molecule has 0 saturated heterocycles. The lowest BCUT2D eigenvalue weighted by Crippen LogP contribution is -1.79. The molecule has 0 saturated carbocycles. The summed E-state index contributed by atoms with van der Waals surface area (Å²) >= 11 is 0. The van der Waals surface area contributed by atoms with E-state index in [9.17, 15) is 0 Å². The van der Waals surface area contributed by atoms with E-state index >= 15 is 0 Å². The summed E-state index contributed by atoms with van der Waals surface area (Å²) in [6, 6.07) is 16.4. The van der Waals surface area contributed by atoms with Crippen molar-refractivity contribution in [2.75, 3.05) is 0 Å². The molecular weight excluding hydrogens is 210 g/mol. The normalized spacial score (nSPS) is 10.9. The fourth-order valence-corrected chi connectivity index (χ4v) is 2.01. The second kappa shape index (κ2) is 4.06. The number of rotatable bonds is 2. The lowest BCUT2D eigenvalue weighted by molar-refractivity contribution is 0.441. The molecule has 0 spiro atoms. The van der Waals surface area contributed by atoms with Crippen LogP contribution in [-0.2, 0) is 6.42 Å². The zero-order valence-corrected chi connectivity index (χ0v) is 9.68. The molecule has 0 bridgehead atoms. The predicted molar refractivity (Wildman–Crippen MR) is 68.8 cm³/mol. The van der Waals surface area contributed by atoms with Crippen LogP contribution in [-0.4, -0.2) is 5.16 Å². The maximum absolute atomic E-state index is 5.45. The summed E-state index contributed by atoms with van der Waals surface area (Å²) in [6.45, 7) is 2.14. The maximum atomic E-state index is 5.45. The van der Waals surface area contributed by atoms with Crippen LogP contribution < -0.4 is 0 Å². The summed E-state index contributed by atoms with van der Waals surface area (Å²) in [7, 11) is 0. The van der Waals surface area contributed by atoms with E-state index in [0.717, 1.165) is 28.6 Å². The number of hydrogen-bond donors (Lipinski definition) is 0. The zero-order valence-electron chi connectivity index (χ0n) is 9.68. The predicted octanol–water partition coefficient (Wildman–Crippen LogP) is 4.06. The van der Waals surface area contributed by atoms with Crippen LogP contribution in [0.15, 0.2) is 53.1 Å². The SMILES string of the molecule is CCc1ccc2c(-c3ccccc3)onc2c1. The Morgan fingerprint density at radius 3 is 2.65 bits per heavy atom. The van der Waals surface area contributed by atoms with Gasteiger partial charge >= 0.3 is 0 Å². The second-order valence-corrected chi connectivity index (χ2v) is 4.08. The van der Waals surface area contributed by atoms with Gasteiger partial charge in [-0.2, -0.15) is 0 Å². The molecule has 0 aliphatic heterocycles. The van der Waals surface area contributed by atoms with Gasteiger partial charge in [0.2, 0.25) is 0 Å². The summed E-state index contributed by atoms with van der Waals surface area (Å²) in [5.74, 6) is 0.850. The van der Waals surface area contributed by atoms with Gasteiger partial charge in [-0.05, 0) is 24.1 Å². The number of aryl methyl sites for hydroxylation is 1. The molecule has 0 aliphatic rings. The molecule has 3 rings (SSSR count). The highest BCUT2D eigenvalue weighted by Crippen LogP contribution is 2.28. The highest BCUT2D eigenvalue weighted by Gasteiger charge is 2.10. The number of nitrogens with zero attached hydrogens (tertiary/aromatic N) is 1. The Bertz CT molecular complexity index is 640. The van der Waals surface area contributed by atoms with E-state index in [2.05, 4.69) is 30.3 Å². The van der Waals surface area contributed by atoms with Crippen LogP contribution in [0.25, 0.3) is 22.2 Å². The van der Waals surface area contributed by atoms with Crippen molar-refractivity contribution in [2.45, 2.75) is 13.3 Å². The van der Waals surface area contributed by atoms with Gasteiger partial charge in [-0.1, -0.05) is 48.5 Å². The van der Waals surface area contributed by atoms with E-state index in [0.29, 0.717) is 0 Å². The highest BCUT2D eigenvalue weighted by atomic mass is 16.5. The summed E-state index contributed by atoms with van der Waals surface area (Å²) in [4.78, 5) is 0. The largest absolute Gasteiger partial charge is 0.355 e. The van der Waals surface area contributed by atoms with Crippen molar-refractivity contribution in [3.05, 3.63) is 54.1 Å². The van der Waals surface area contributed by atoms with Crippen LogP contribution in [0.4, 0.5) is 0 Å². The number of benzene rings is 2. The first-order valence-electron chi connectivity index (χ1n) is 5.82. The summed E-state index contributed by atoms with van der Waals surface area (Å²) in [5.41, 5.74) is 3.29. The Morgan fingerprint density at radius 1 is 1.06 bits per heavy atom. The Balaban J connectivity index is 2.19. The molecule has 0 aliphatic carbocycles. The third kappa shape index (κ3) is 1.72. The smallest absolute Gasteiger partial charge is 0.174 e. The molecule has 0 atom stereocenters. The average Bonchev–Trinajstić information content (AvgIpc) is 2.82. The summed E-state index contributed by atoms with van der Waals surface area (Å²) in [5, 5.41) is 5.21. The van der Waals surface area contributed by atoms with Gasteiger partial charge in [-0.3, -0.25) is 0 Å². The number of aromatic nitrogens is 1. The minimum Gasteiger partial charge on any atom is -0.355 e. The third-order valence-electron chi connectivity index (χ3n) is 2.99. The van der Waals surface area contributed by atoms with Crippen LogP contribution in [0.3, 0.4) is 0 Å². The quantitative estimate of drug-likeness (QED) is 0.654. The van der Waals surface area contributed by atoms with E-state index in [-0.39, 0.29) is 0 Å². The van der Waals surface area contributed by atoms with Gasteiger partial charge in [0.1, 0.15) is 5.52 Å². The molecule has 0 N–H and O–H groups in total. The van der Waals surface area contributed by atoms with E-state index in [1.54, 1.807) is 0 Å². The average molecular weight is 223 g/mol. The molecule has 1 aromatic heterocycles. The van der Waals surface area contributed by atoms with Crippen LogP contribution in [0.2, 0.25) is 0 Å². The Labute approximate surface area is 99.9 Å². The van der Waals surface area contributed by atoms with Crippen LogP contribution >= 0.6 is 0 Å². The Morgan fingerprint density at radius 2 is 1.88 bits per heavy atom. The molecule has 2 heteroatoms. The van der Waals surface area contributed by atoms with Gasteiger partial charge in [-0.25, -0.2) is 0 Å². The van der Waals surface area contributed by atoms with Crippen molar-refractivity contribution in [3.63, 3.8) is 0 Å². The Kier molecular flexibility index (Phi) is 2.41. The first-order valence-corrected chi connectivity index (χ1v) is 5.82. The van der Waals surface area contributed by atoms with Crippen LogP contribution in [0, 0.1) is 0 Å². The van der Waals surface area contributed by atoms with E-state index < -0.39 is 0 Å². The van der Waals surface area contributed by atoms with E-state index in [1.807, 2.05) is 30.3 Å². The fourth-order valence-electron chi connectivity index (χ4n) is 2.01. The number of hydrogen-bond acceptors (Lipinski definition) is 2. The Hall–Kier alpha value is -2.09. The minimum atomic E-state index is 0.850. The van der Waals surface area contributed by atoms with Gasteiger partial charge < -0.3 is 4.52 Å². The monoisotopic (exact) mass is 223 g/mol. The van der Waals surface area contributed by atoms with Crippen molar-refractivity contribution in [1.82, 2.24) is 5.16 Å². The van der Waals surface area contributed by atoms with E-state index in [1.165, 1.54) is 5.56 Å². The molecule has 0 amide bonds. The second-order valence-electron chi connectivity index (χ2n) is 4.08. The van der Waals surface area contributed by atoms with Crippen molar-refractivity contribution >= 4 is 10.9 Å². The highest BCUT2D eigenvalue weighted by molar-refractivity contribution is 5.91. The molecule has 0 radical (unpaired) electrons. The molecular formula is C15H13NO. The lowest BCUT2D eigenvalue weighted by atomic mass is 10.1. The van der Waals surface area contributed by atoms with E-state index in [4.69, 9.17) is 4.52 Å². The number of fused-ring (bicyclic) bond motifs is 1. The summed E-state index contributed by atoms with van der Waals surface area (Å²) in [6.07, 6.45) is 1.02. The van der Waals surface area contributed by atoms with Gasteiger partial charge in [0.05, 0.1) is 0 Å². The molecule has 84 valence electrons. The topological polar surface area (TPSA) is 26.0 Å². The maximum Gasteiger partial charge on any atom is 0.174 e. The van der Waals surface area contributed by atoms with Crippen LogP contribution in [0.1, 0.15) is 12.5 Å². The molecule has 2 aromatic carbocycles. The van der Waals surface area contributed by atoms with Crippen molar-refractivity contribution in [3.8, 4) is 11.3 Å². The van der Waals surface area contributed by atoms with Gasteiger partial charge in [0.25, 0.3) is 0 Å².